The van der Waals surface area contributed by atoms with Crippen molar-refractivity contribution in [3.63, 3.8) is 0 Å². The number of amides is 3. The van der Waals surface area contributed by atoms with Crippen LogP contribution >= 0.6 is 0 Å². The zero-order valence-corrected chi connectivity index (χ0v) is 16.1. The molecule has 0 atom stereocenters. The van der Waals surface area contributed by atoms with Gasteiger partial charge in [-0.3, -0.25) is 14.4 Å². The van der Waals surface area contributed by atoms with Crippen LogP contribution in [0, 0.1) is 11.7 Å². The summed E-state index contributed by atoms with van der Waals surface area (Å²) in [6.45, 7) is 1.50. The Balaban J connectivity index is 1.38. The largest absolute Gasteiger partial charge is 0.354 e. The average Bonchev–Trinajstić information content (AvgIpc) is 2.77. The molecule has 152 valence electrons. The summed E-state index contributed by atoms with van der Waals surface area (Å²) in [5, 5.41) is 5.59. The molecular formula is C22H24FN3O3. The van der Waals surface area contributed by atoms with E-state index in [2.05, 4.69) is 10.6 Å². The van der Waals surface area contributed by atoms with Crippen molar-refractivity contribution in [3.05, 3.63) is 71.5 Å². The van der Waals surface area contributed by atoms with Crippen LogP contribution in [-0.4, -0.2) is 48.8 Å². The Kier molecular flexibility index (Phi) is 6.94. The highest BCUT2D eigenvalue weighted by Gasteiger charge is 2.28. The second-order valence-electron chi connectivity index (χ2n) is 6.96. The third-order valence-electron chi connectivity index (χ3n) is 5.00. The van der Waals surface area contributed by atoms with Crippen LogP contribution in [0.4, 0.5) is 4.39 Å². The molecule has 2 aromatic rings. The first kappa shape index (κ1) is 20.5. The minimum atomic E-state index is -0.532. The molecule has 6 nitrogen and oxygen atoms in total. The predicted molar refractivity (Wildman–Crippen MR) is 107 cm³/mol. The minimum Gasteiger partial charge on any atom is -0.354 e. The highest BCUT2D eigenvalue weighted by molar-refractivity contribution is 5.95. The molecule has 3 rings (SSSR count). The van der Waals surface area contributed by atoms with Crippen LogP contribution in [0.2, 0.25) is 0 Å². The van der Waals surface area contributed by atoms with E-state index in [4.69, 9.17) is 0 Å². The molecule has 0 bridgehead atoms. The molecule has 1 heterocycles. The number of likely N-dealkylation sites (tertiary alicyclic amines) is 1. The molecular weight excluding hydrogens is 373 g/mol. The Bertz CT molecular complexity index is 865. The van der Waals surface area contributed by atoms with Gasteiger partial charge in [-0.1, -0.05) is 30.3 Å². The SMILES string of the molecule is O=C(NCCNC(=O)C1CCN(C(=O)c2ccccc2F)CC1)c1ccccc1. The summed E-state index contributed by atoms with van der Waals surface area (Å²) in [5.41, 5.74) is 0.635. The number of nitrogens with zero attached hydrogens (tertiary/aromatic N) is 1. The second-order valence-corrected chi connectivity index (χ2v) is 6.96. The Hall–Kier alpha value is -3.22. The van der Waals surface area contributed by atoms with Gasteiger partial charge < -0.3 is 15.5 Å². The van der Waals surface area contributed by atoms with Crippen LogP contribution in [0.5, 0.6) is 0 Å². The molecule has 0 spiro atoms. The highest BCUT2D eigenvalue weighted by Crippen LogP contribution is 2.20. The van der Waals surface area contributed by atoms with E-state index in [0.29, 0.717) is 44.6 Å². The van der Waals surface area contributed by atoms with Gasteiger partial charge in [-0.2, -0.15) is 0 Å². The number of hydrogen-bond donors (Lipinski definition) is 2. The second kappa shape index (κ2) is 9.82. The van der Waals surface area contributed by atoms with Crippen molar-refractivity contribution in [2.24, 2.45) is 5.92 Å². The van der Waals surface area contributed by atoms with Gasteiger partial charge in [0.15, 0.2) is 0 Å². The van der Waals surface area contributed by atoms with Gasteiger partial charge >= 0.3 is 0 Å². The lowest BCUT2D eigenvalue weighted by Gasteiger charge is -2.31. The molecule has 0 unspecified atom stereocenters. The Morgan fingerprint density at radius 2 is 1.52 bits per heavy atom. The number of halogens is 1. The van der Waals surface area contributed by atoms with E-state index in [0.717, 1.165) is 0 Å². The van der Waals surface area contributed by atoms with Crippen molar-refractivity contribution in [1.29, 1.82) is 0 Å². The molecule has 1 aliphatic heterocycles. The van der Waals surface area contributed by atoms with E-state index in [9.17, 15) is 18.8 Å². The molecule has 29 heavy (non-hydrogen) atoms. The van der Waals surface area contributed by atoms with Gasteiger partial charge in [0.1, 0.15) is 5.82 Å². The first-order chi connectivity index (χ1) is 14.1. The van der Waals surface area contributed by atoms with Crippen LogP contribution in [0.25, 0.3) is 0 Å². The number of nitrogens with one attached hydrogen (secondary N) is 2. The van der Waals surface area contributed by atoms with Crippen LogP contribution in [0.15, 0.2) is 54.6 Å². The Morgan fingerprint density at radius 1 is 0.897 bits per heavy atom. The number of carbonyl (C=O) groups is 3. The molecule has 0 radical (unpaired) electrons. The third kappa shape index (κ3) is 5.40. The number of rotatable bonds is 6. The molecule has 0 saturated carbocycles. The van der Waals surface area contributed by atoms with Gasteiger partial charge in [-0.15, -0.1) is 0 Å². The number of benzene rings is 2. The molecule has 1 saturated heterocycles. The summed E-state index contributed by atoms with van der Waals surface area (Å²) in [6, 6.07) is 14.8. The quantitative estimate of drug-likeness (QED) is 0.734. The van der Waals surface area contributed by atoms with Gasteiger partial charge in [-0.05, 0) is 37.1 Å². The average molecular weight is 397 g/mol. The van der Waals surface area contributed by atoms with Crippen LogP contribution in [-0.2, 0) is 4.79 Å². The van der Waals surface area contributed by atoms with E-state index < -0.39 is 5.82 Å². The van der Waals surface area contributed by atoms with Crippen molar-refractivity contribution in [2.75, 3.05) is 26.2 Å². The van der Waals surface area contributed by atoms with Crippen LogP contribution in [0.3, 0.4) is 0 Å². The topological polar surface area (TPSA) is 78.5 Å². The van der Waals surface area contributed by atoms with Crippen molar-refractivity contribution in [1.82, 2.24) is 15.5 Å². The summed E-state index contributed by atoms with van der Waals surface area (Å²) >= 11 is 0. The van der Waals surface area contributed by atoms with Gasteiger partial charge in [-0.25, -0.2) is 4.39 Å². The van der Waals surface area contributed by atoms with Gasteiger partial charge in [0.2, 0.25) is 5.91 Å². The molecule has 1 aliphatic rings. The van der Waals surface area contributed by atoms with Gasteiger partial charge in [0.25, 0.3) is 11.8 Å². The molecule has 2 N–H and O–H groups in total. The normalized spacial score (nSPS) is 14.3. The number of carbonyl (C=O) groups excluding carboxylic acids is 3. The summed E-state index contributed by atoms with van der Waals surface area (Å²) < 4.78 is 13.8. The van der Waals surface area contributed by atoms with Crippen LogP contribution < -0.4 is 10.6 Å². The number of hydrogen-bond acceptors (Lipinski definition) is 3. The van der Waals surface area contributed by atoms with Crippen molar-refractivity contribution in [3.8, 4) is 0 Å². The maximum Gasteiger partial charge on any atom is 0.256 e. The molecule has 1 fully saturated rings. The monoisotopic (exact) mass is 397 g/mol. The molecule has 3 amide bonds. The van der Waals surface area contributed by atoms with Crippen molar-refractivity contribution < 1.29 is 18.8 Å². The van der Waals surface area contributed by atoms with Crippen molar-refractivity contribution >= 4 is 17.7 Å². The fourth-order valence-corrected chi connectivity index (χ4v) is 3.35. The standard InChI is InChI=1S/C22H24FN3O3/c23-19-9-5-4-8-18(19)22(29)26-14-10-17(11-15-26)21(28)25-13-12-24-20(27)16-6-2-1-3-7-16/h1-9,17H,10-15H2,(H,24,27)(H,25,28). The number of piperidine rings is 1. The summed E-state index contributed by atoms with van der Waals surface area (Å²) in [7, 11) is 0. The zero-order chi connectivity index (χ0) is 20.6. The highest BCUT2D eigenvalue weighted by atomic mass is 19.1. The fourth-order valence-electron chi connectivity index (χ4n) is 3.35. The van der Waals surface area contributed by atoms with E-state index in [-0.39, 0.29) is 29.2 Å². The lowest BCUT2D eigenvalue weighted by molar-refractivity contribution is -0.126. The Labute approximate surface area is 169 Å². The van der Waals surface area contributed by atoms with Crippen LogP contribution in [0.1, 0.15) is 33.6 Å². The lowest BCUT2D eigenvalue weighted by Crippen LogP contribution is -2.44. The van der Waals surface area contributed by atoms with E-state index in [1.54, 1.807) is 41.3 Å². The maximum absolute atomic E-state index is 13.8. The Morgan fingerprint density at radius 3 is 2.21 bits per heavy atom. The minimum absolute atomic E-state index is 0.0598. The van der Waals surface area contributed by atoms with Gasteiger partial charge in [0, 0.05) is 37.7 Å². The zero-order valence-electron chi connectivity index (χ0n) is 16.1. The van der Waals surface area contributed by atoms with Crippen molar-refractivity contribution in [2.45, 2.75) is 12.8 Å². The van der Waals surface area contributed by atoms with E-state index in [1.807, 2.05) is 6.07 Å². The summed E-state index contributed by atoms with van der Waals surface area (Å²) in [5.74, 6) is -1.33. The first-order valence-electron chi connectivity index (χ1n) is 9.71. The lowest BCUT2D eigenvalue weighted by atomic mass is 9.95. The molecule has 7 heteroatoms. The maximum atomic E-state index is 13.8. The molecule has 0 aromatic heterocycles. The summed E-state index contributed by atoms with van der Waals surface area (Å²) in [6.07, 6.45) is 1.06. The predicted octanol–water partition coefficient (Wildman–Crippen LogP) is 2.22. The smallest absolute Gasteiger partial charge is 0.256 e. The van der Waals surface area contributed by atoms with E-state index >= 15 is 0 Å². The third-order valence-corrected chi connectivity index (χ3v) is 5.00. The molecule has 2 aromatic carbocycles. The first-order valence-corrected chi connectivity index (χ1v) is 9.71. The molecule has 0 aliphatic carbocycles. The summed E-state index contributed by atoms with van der Waals surface area (Å²) in [4.78, 5) is 38.3. The fraction of sp³-hybridized carbons (Fsp3) is 0.318. The van der Waals surface area contributed by atoms with E-state index in [1.165, 1.54) is 12.1 Å². The van der Waals surface area contributed by atoms with Gasteiger partial charge in [0.05, 0.1) is 5.56 Å².